The van der Waals surface area contributed by atoms with E-state index in [0.717, 1.165) is 50.4 Å². The number of rotatable bonds is 8. The fraction of sp³-hybridized carbons (Fsp3) is 0.483. The molecule has 0 saturated carbocycles. The standard InChI is InChI=1S/C29H37N7O2/c1-19(2)28(37)31-25(22-9-6-5-7-10-22)12-14-34-15-23-17-35(18-24(23)16-34)29(38)27-20(3)33-36(21(27)4)26-11-8-13-30-32-26/h5-11,13,19,23-25H,12,14-18H2,1-4H3,(H,31,37). The van der Waals surface area contributed by atoms with Crippen molar-refractivity contribution in [1.29, 1.82) is 0 Å². The van der Waals surface area contributed by atoms with E-state index in [1.807, 2.05) is 62.9 Å². The van der Waals surface area contributed by atoms with E-state index < -0.39 is 0 Å². The molecule has 9 nitrogen and oxygen atoms in total. The molecular formula is C29H37N7O2. The first-order valence-corrected chi connectivity index (χ1v) is 13.5. The number of hydrogen-bond donors (Lipinski definition) is 1. The molecule has 1 aromatic carbocycles. The maximum Gasteiger partial charge on any atom is 0.257 e. The summed E-state index contributed by atoms with van der Waals surface area (Å²) in [5.41, 5.74) is 3.32. The second kappa shape index (κ2) is 11.0. The number of carbonyl (C=O) groups excluding carboxylic acids is 2. The molecule has 2 amide bonds. The van der Waals surface area contributed by atoms with Gasteiger partial charge in [0.2, 0.25) is 5.91 Å². The van der Waals surface area contributed by atoms with Gasteiger partial charge in [0, 0.05) is 44.8 Å². The van der Waals surface area contributed by atoms with Crippen molar-refractivity contribution in [2.45, 2.75) is 40.2 Å². The number of amides is 2. The second-order valence-corrected chi connectivity index (χ2v) is 10.9. The van der Waals surface area contributed by atoms with Gasteiger partial charge in [-0.2, -0.15) is 10.2 Å². The fourth-order valence-electron chi connectivity index (χ4n) is 5.84. The van der Waals surface area contributed by atoms with Crippen LogP contribution in [0.4, 0.5) is 0 Å². The fourth-order valence-corrected chi connectivity index (χ4v) is 5.84. The Bertz CT molecular complexity index is 1260. The SMILES string of the molecule is Cc1nn(-c2cccnn2)c(C)c1C(=O)N1CC2CN(CCC(NC(=O)C(C)C)c3ccccc3)CC2C1. The number of fused-ring (bicyclic) bond motifs is 1. The quantitative estimate of drug-likeness (QED) is 0.495. The molecule has 2 aliphatic rings. The average molecular weight is 516 g/mol. The van der Waals surface area contributed by atoms with E-state index in [2.05, 4.69) is 37.6 Å². The first-order valence-electron chi connectivity index (χ1n) is 13.5. The van der Waals surface area contributed by atoms with Crippen molar-refractivity contribution in [3.8, 4) is 5.82 Å². The van der Waals surface area contributed by atoms with E-state index in [4.69, 9.17) is 0 Å². The molecule has 9 heteroatoms. The number of likely N-dealkylation sites (tertiary alicyclic amines) is 2. The molecule has 4 heterocycles. The summed E-state index contributed by atoms with van der Waals surface area (Å²) in [7, 11) is 0. The highest BCUT2D eigenvalue weighted by molar-refractivity contribution is 5.96. The Labute approximate surface area is 224 Å². The third-order valence-corrected chi connectivity index (χ3v) is 7.91. The minimum absolute atomic E-state index is 0.00130. The van der Waals surface area contributed by atoms with Crippen molar-refractivity contribution in [1.82, 2.24) is 35.1 Å². The molecule has 1 N–H and O–H groups in total. The molecule has 5 rings (SSSR count). The van der Waals surface area contributed by atoms with Gasteiger partial charge in [-0.05, 0) is 49.8 Å². The van der Waals surface area contributed by atoms with Crippen LogP contribution in [-0.4, -0.2) is 74.3 Å². The lowest BCUT2D eigenvalue weighted by molar-refractivity contribution is -0.124. The van der Waals surface area contributed by atoms with Crippen molar-refractivity contribution < 1.29 is 9.59 Å². The van der Waals surface area contributed by atoms with Crippen LogP contribution in [0.1, 0.15) is 53.6 Å². The first kappa shape index (κ1) is 26.0. The van der Waals surface area contributed by atoms with Crippen LogP contribution in [0.15, 0.2) is 48.7 Å². The zero-order chi connectivity index (χ0) is 26.8. The van der Waals surface area contributed by atoms with Crippen molar-refractivity contribution in [2.75, 3.05) is 32.7 Å². The van der Waals surface area contributed by atoms with Crippen LogP contribution in [0.3, 0.4) is 0 Å². The molecule has 3 aromatic rings. The highest BCUT2D eigenvalue weighted by Gasteiger charge is 2.42. The average Bonchev–Trinajstić information content (AvgIpc) is 3.58. The summed E-state index contributed by atoms with van der Waals surface area (Å²) < 4.78 is 1.70. The summed E-state index contributed by atoms with van der Waals surface area (Å²) in [6.45, 7) is 12.1. The summed E-state index contributed by atoms with van der Waals surface area (Å²) in [6, 6.07) is 13.9. The molecule has 200 valence electrons. The van der Waals surface area contributed by atoms with Gasteiger partial charge in [0.05, 0.1) is 23.0 Å². The van der Waals surface area contributed by atoms with E-state index in [9.17, 15) is 9.59 Å². The third-order valence-electron chi connectivity index (χ3n) is 7.91. The Balaban J connectivity index is 1.19. The molecule has 0 spiro atoms. The predicted molar refractivity (Wildman–Crippen MR) is 145 cm³/mol. The van der Waals surface area contributed by atoms with Crippen LogP contribution in [0.25, 0.3) is 5.82 Å². The van der Waals surface area contributed by atoms with E-state index in [0.29, 0.717) is 28.9 Å². The number of carbonyl (C=O) groups is 2. The molecule has 3 atom stereocenters. The zero-order valence-corrected chi connectivity index (χ0v) is 22.7. The number of benzene rings is 1. The van der Waals surface area contributed by atoms with Crippen molar-refractivity contribution in [2.24, 2.45) is 17.8 Å². The van der Waals surface area contributed by atoms with Crippen LogP contribution in [0.2, 0.25) is 0 Å². The highest BCUT2D eigenvalue weighted by atomic mass is 16.2. The molecule has 38 heavy (non-hydrogen) atoms. The Morgan fingerprint density at radius 2 is 1.71 bits per heavy atom. The lowest BCUT2D eigenvalue weighted by Gasteiger charge is -2.25. The third kappa shape index (κ3) is 5.34. The Morgan fingerprint density at radius 1 is 1.00 bits per heavy atom. The van der Waals surface area contributed by atoms with E-state index in [1.54, 1.807) is 10.9 Å². The van der Waals surface area contributed by atoms with E-state index in [1.165, 1.54) is 0 Å². The molecule has 0 radical (unpaired) electrons. The van der Waals surface area contributed by atoms with Crippen LogP contribution in [0.5, 0.6) is 0 Å². The number of aromatic nitrogens is 4. The zero-order valence-electron chi connectivity index (χ0n) is 22.7. The van der Waals surface area contributed by atoms with Gasteiger partial charge < -0.3 is 15.1 Å². The monoisotopic (exact) mass is 515 g/mol. The van der Waals surface area contributed by atoms with Gasteiger partial charge in [-0.3, -0.25) is 9.59 Å². The van der Waals surface area contributed by atoms with Gasteiger partial charge in [0.15, 0.2) is 5.82 Å². The molecule has 2 aromatic heterocycles. The molecular weight excluding hydrogens is 478 g/mol. The summed E-state index contributed by atoms with van der Waals surface area (Å²) in [4.78, 5) is 30.5. The molecule has 0 aliphatic carbocycles. The van der Waals surface area contributed by atoms with Crippen LogP contribution in [-0.2, 0) is 4.79 Å². The number of nitrogens with one attached hydrogen (secondary N) is 1. The van der Waals surface area contributed by atoms with Gasteiger partial charge in [-0.1, -0.05) is 44.2 Å². The van der Waals surface area contributed by atoms with E-state index >= 15 is 0 Å². The minimum Gasteiger partial charge on any atom is -0.349 e. The van der Waals surface area contributed by atoms with Gasteiger partial charge in [-0.25, -0.2) is 4.68 Å². The Kier molecular flexibility index (Phi) is 7.56. The van der Waals surface area contributed by atoms with Gasteiger partial charge in [-0.15, -0.1) is 5.10 Å². The summed E-state index contributed by atoms with van der Waals surface area (Å²) in [5, 5.41) is 15.9. The maximum absolute atomic E-state index is 13.6. The second-order valence-electron chi connectivity index (χ2n) is 10.9. The van der Waals surface area contributed by atoms with Crippen molar-refractivity contribution in [3.05, 3.63) is 71.2 Å². The van der Waals surface area contributed by atoms with Crippen molar-refractivity contribution >= 4 is 11.8 Å². The molecule has 3 unspecified atom stereocenters. The van der Waals surface area contributed by atoms with Gasteiger partial charge in [0.25, 0.3) is 5.91 Å². The molecule has 2 fully saturated rings. The topological polar surface area (TPSA) is 96.2 Å². The number of nitrogens with zero attached hydrogens (tertiary/aromatic N) is 6. The van der Waals surface area contributed by atoms with Crippen molar-refractivity contribution in [3.63, 3.8) is 0 Å². The lowest BCUT2D eigenvalue weighted by atomic mass is 10.0. The Hall–Kier alpha value is -3.59. The lowest BCUT2D eigenvalue weighted by Crippen LogP contribution is -2.36. The van der Waals surface area contributed by atoms with E-state index in [-0.39, 0.29) is 23.8 Å². The predicted octanol–water partition coefficient (Wildman–Crippen LogP) is 3.19. The number of hydrogen-bond acceptors (Lipinski definition) is 6. The first-order chi connectivity index (χ1) is 18.3. The number of aryl methyl sites for hydroxylation is 1. The summed E-state index contributed by atoms with van der Waals surface area (Å²) in [6.07, 6.45) is 2.49. The van der Waals surface area contributed by atoms with Gasteiger partial charge in [0.1, 0.15) is 0 Å². The summed E-state index contributed by atoms with van der Waals surface area (Å²) in [5.74, 6) is 1.64. The highest BCUT2D eigenvalue weighted by Crippen LogP contribution is 2.33. The van der Waals surface area contributed by atoms with Crippen LogP contribution >= 0.6 is 0 Å². The van der Waals surface area contributed by atoms with Crippen LogP contribution in [0, 0.1) is 31.6 Å². The molecule has 2 saturated heterocycles. The van der Waals surface area contributed by atoms with Gasteiger partial charge >= 0.3 is 0 Å². The normalized spacial score (nSPS) is 20.1. The summed E-state index contributed by atoms with van der Waals surface area (Å²) >= 11 is 0. The minimum atomic E-state index is -0.0455. The largest absolute Gasteiger partial charge is 0.349 e. The molecule has 0 bridgehead atoms. The smallest absolute Gasteiger partial charge is 0.257 e. The Morgan fingerprint density at radius 3 is 2.34 bits per heavy atom. The van der Waals surface area contributed by atoms with Crippen LogP contribution < -0.4 is 5.32 Å². The maximum atomic E-state index is 13.6. The molecule has 2 aliphatic heterocycles.